The summed E-state index contributed by atoms with van der Waals surface area (Å²) < 4.78 is 43.9. The maximum absolute atomic E-state index is 14.8. The van der Waals surface area contributed by atoms with Crippen LogP contribution in [0.5, 0.6) is 0 Å². The first-order valence-electron chi connectivity index (χ1n) is 46.2. The largest absolute Gasteiger partial charge is 0.460 e. The number of nitrogens with zero attached hydrogens (tertiary/aromatic N) is 15. The van der Waals surface area contributed by atoms with Crippen molar-refractivity contribution in [2.45, 2.75) is 212 Å². The van der Waals surface area contributed by atoms with Crippen molar-refractivity contribution >= 4 is 86.9 Å². The molecule has 4 amide bonds. The summed E-state index contributed by atoms with van der Waals surface area (Å²) in [6.07, 6.45) is 21.6. The topological polar surface area (TPSA) is 423 Å². The number of ketones is 3. The summed E-state index contributed by atoms with van der Waals surface area (Å²) in [5.74, 6) is -6.61. The zero-order valence-electron chi connectivity index (χ0n) is 76.6. The number of pyridine rings is 1. The first kappa shape index (κ1) is 95.9. The van der Waals surface area contributed by atoms with Crippen LogP contribution in [0.1, 0.15) is 164 Å². The van der Waals surface area contributed by atoms with Crippen LogP contribution < -0.4 is 20.9 Å². The first-order valence-corrected chi connectivity index (χ1v) is 46.2. The fourth-order valence-electron chi connectivity index (χ4n) is 19.2. The van der Waals surface area contributed by atoms with Crippen LogP contribution in [0.4, 0.5) is 22.5 Å². The molecule has 6 aliphatic heterocycles. The molecular weight excluding hydrogens is 1680 g/mol. The van der Waals surface area contributed by atoms with E-state index in [0.29, 0.717) is 194 Å². The van der Waals surface area contributed by atoms with Crippen LogP contribution in [0.3, 0.4) is 0 Å². The molecule has 12 heterocycles. The lowest BCUT2D eigenvalue weighted by Gasteiger charge is -2.40. The molecule has 2 bridgehead atoms. The van der Waals surface area contributed by atoms with Gasteiger partial charge in [-0.15, -0.1) is 0 Å². The Morgan fingerprint density at radius 1 is 0.740 bits per heavy atom. The van der Waals surface area contributed by atoms with Gasteiger partial charge in [-0.2, -0.15) is 5.10 Å². The standard InChI is InChI=1S/C96H126N18O17/c1-59-16-11-10-12-17-60(2)77(125-7)48-73-18-15-27-96(124,131-73)86(119)91(121)113-29-14-13-19-74(113)92(122)129-78(49-75(115)61(3)43-64(6)84(118)85(127-9)83(117)63(5)42-59)62(4)44-65-21-23-76(79(46-65)126-8)130-95(123)104-52-67-50-100-93(101-51-67)111-37-35-109(36-38-111)80(116)26-40-128-41-39-108-31-33-110(34-32-108)94-102-54-72(55-103-94)90(120)112-30-25-68-45-66(20-22-70(68)57-112)56-114-89-81(87(97)105-58-106-89)82(107-114)71-47-69-24-28-98-88(69)99-53-71/h10-12,16-17,20,22,24,28,43,45,47,50-51,53-55,58-59,61-63,65,73-74,76-79,84-85,118,124H,13-15,18-19,21,23,25-27,29-42,44,46,48-49,52,56-57H2,1-9H3,(H,98,99)(H,104,123)(H2,97,105,106)/b12-10+,16-11+,60-17+,64-43+/t59-,61-,62-,63-,65+,73+,74+,76-,77+,78+,79-,84-,85+,96-/m1/s1. The molecular formula is C96H126N18O17. The van der Waals surface area contributed by atoms with Gasteiger partial charge in [0, 0.05) is 191 Å². The minimum Gasteiger partial charge on any atom is -0.460 e. The van der Waals surface area contributed by atoms with Crippen LogP contribution in [-0.4, -0.2) is 288 Å². The number of carbonyl (C=O) groups is 8. The van der Waals surface area contributed by atoms with Crippen LogP contribution >= 0.6 is 0 Å². The van der Waals surface area contributed by atoms with Gasteiger partial charge in [0.15, 0.2) is 11.4 Å². The summed E-state index contributed by atoms with van der Waals surface area (Å²) in [6.45, 7) is 19.0. The van der Waals surface area contributed by atoms with Crippen molar-refractivity contribution in [3.05, 3.63) is 149 Å². The number of Topliss-reactive ketones (excluding diaryl/α,β-unsaturated/α-hetero) is 3. The summed E-state index contributed by atoms with van der Waals surface area (Å²) in [7, 11) is 4.49. The van der Waals surface area contributed by atoms with Crippen LogP contribution in [0.15, 0.2) is 121 Å². The van der Waals surface area contributed by atoms with Crippen LogP contribution in [0, 0.1) is 29.6 Å². The Morgan fingerprint density at radius 3 is 2.24 bits per heavy atom. The number of nitrogens with one attached hydrogen (secondary N) is 2. The number of hydrogen-bond acceptors (Lipinski definition) is 29. The van der Waals surface area contributed by atoms with Crippen molar-refractivity contribution < 1.29 is 81.7 Å². The number of benzene rings is 1. The number of nitrogens with two attached hydrogens (primary N) is 1. The van der Waals surface area contributed by atoms with E-state index in [4.69, 9.17) is 44.0 Å². The molecule has 0 radical (unpaired) electrons. The zero-order valence-corrected chi connectivity index (χ0v) is 76.6. The number of ether oxygens (including phenoxy) is 7. The smallest absolute Gasteiger partial charge is 0.407 e. The van der Waals surface area contributed by atoms with Crippen molar-refractivity contribution in [2.24, 2.45) is 29.6 Å². The number of aliphatic hydroxyl groups excluding tert-OH is 1. The number of amides is 4. The van der Waals surface area contributed by atoms with Gasteiger partial charge in [0.25, 0.3) is 17.6 Å². The Bertz CT molecular complexity index is 5300. The minimum atomic E-state index is -2.45. The van der Waals surface area contributed by atoms with Crippen molar-refractivity contribution in [2.75, 3.05) is 122 Å². The van der Waals surface area contributed by atoms with Gasteiger partial charge in [-0.1, -0.05) is 82.4 Å². The molecule has 1 saturated carbocycles. The Labute approximate surface area is 763 Å². The van der Waals surface area contributed by atoms with Gasteiger partial charge in [0.2, 0.25) is 23.6 Å². The quantitative estimate of drug-likeness (QED) is 0.0194. The van der Waals surface area contributed by atoms with Gasteiger partial charge in [-0.3, -0.25) is 33.7 Å². The number of carbonyl (C=O) groups excluding carboxylic acids is 8. The molecule has 35 nitrogen and oxygen atoms in total. The second kappa shape index (κ2) is 44.4. The van der Waals surface area contributed by atoms with Gasteiger partial charge in [-0.25, -0.2) is 49.2 Å². The number of piperidine rings is 1. The van der Waals surface area contributed by atoms with Gasteiger partial charge in [0.05, 0.1) is 55.4 Å². The Hall–Kier alpha value is -11.2. The molecule has 6 N–H and O–H groups in total. The highest BCUT2D eigenvalue weighted by molar-refractivity contribution is 6.39. The fraction of sp³-hybridized carbons (Fsp3) is 0.562. The second-order valence-corrected chi connectivity index (χ2v) is 36.2. The van der Waals surface area contributed by atoms with Crippen molar-refractivity contribution in [1.29, 1.82) is 0 Å². The minimum absolute atomic E-state index is 0.0150. The molecule has 6 aromatic heterocycles. The van der Waals surface area contributed by atoms with Gasteiger partial charge in [0.1, 0.15) is 59.7 Å². The molecule has 702 valence electrons. The van der Waals surface area contributed by atoms with Gasteiger partial charge >= 0.3 is 12.1 Å². The molecule has 5 fully saturated rings. The summed E-state index contributed by atoms with van der Waals surface area (Å²) in [6, 6.07) is 9.11. The number of anilines is 3. The van der Waals surface area contributed by atoms with E-state index in [0.717, 1.165) is 46.4 Å². The average molecular weight is 1800 g/mol. The SMILES string of the molecule is CO[C@H]1C[C@@H]2CCC[C@@](O)(O2)C(=O)C(=O)N2CCCC[C@H]2C(=O)O[C@H]([C@H](C)C[C@@H]2CC[C@@H](OC(=O)NCc3cnc(N4CCN(C(=O)CCOCCN5CCN(c6ncc(C(=O)N7CCc8cc(Cn9nc(-c%10cnc%11[nH]ccc%11c%10)c%10c(N)ncnc%109)ccc8C7)cn6)CC5)CC4)nc3)[C@H](OC)C2)CC(=O)[C@H](C)/C=C(\C)[C@@H](O)[C@@H](OC)C(=O)[C@H](C)C[C@H](C)/C=C/C=C/C=C/1C. The first-order chi connectivity index (χ1) is 63.2. The third kappa shape index (κ3) is 23.8. The summed E-state index contributed by atoms with van der Waals surface area (Å²) in [5, 5.41) is 33.0. The highest BCUT2D eigenvalue weighted by Gasteiger charge is 2.50. The summed E-state index contributed by atoms with van der Waals surface area (Å²) in [4.78, 5) is 159. The maximum Gasteiger partial charge on any atom is 0.407 e. The number of alkyl carbamates (subject to hydrolysis) is 1. The number of piperazine rings is 2. The third-order valence-corrected chi connectivity index (χ3v) is 26.9. The zero-order chi connectivity index (χ0) is 92.6. The predicted molar refractivity (Wildman–Crippen MR) is 487 cm³/mol. The van der Waals surface area contributed by atoms with E-state index in [9.17, 15) is 48.6 Å². The monoisotopic (exact) mass is 1800 g/mol. The molecule has 14 atom stereocenters. The number of hydrogen-bond donors (Lipinski definition) is 5. The van der Waals surface area contributed by atoms with E-state index in [1.54, 1.807) is 72.1 Å². The number of aromatic nitrogens is 10. The summed E-state index contributed by atoms with van der Waals surface area (Å²) >= 11 is 0. The Morgan fingerprint density at radius 2 is 1.50 bits per heavy atom. The van der Waals surface area contributed by atoms with E-state index in [-0.39, 0.29) is 80.4 Å². The number of nitrogen functional groups attached to an aromatic ring is 1. The number of esters is 1. The molecule has 131 heavy (non-hydrogen) atoms. The number of methoxy groups -OCH3 is 3. The molecule has 35 heteroatoms. The number of cyclic esters (lactones) is 1. The van der Waals surface area contributed by atoms with E-state index in [1.165, 1.54) is 23.9 Å². The Balaban J connectivity index is 0.496. The lowest BCUT2D eigenvalue weighted by atomic mass is 9.78. The molecule has 0 spiro atoms. The van der Waals surface area contributed by atoms with Crippen LogP contribution in [0.25, 0.3) is 33.3 Å². The number of allylic oxidation sites excluding steroid dienone is 6. The highest BCUT2D eigenvalue weighted by atomic mass is 16.6. The number of H-pyrrole nitrogens is 1. The van der Waals surface area contributed by atoms with E-state index >= 15 is 0 Å². The molecule has 7 aromatic rings. The van der Waals surface area contributed by atoms with Gasteiger partial charge in [-0.05, 0) is 142 Å². The average Bonchev–Trinajstić information content (AvgIpc) is 1.57. The van der Waals surface area contributed by atoms with E-state index in [2.05, 4.69) is 73.2 Å². The number of aromatic amines is 1. The van der Waals surface area contributed by atoms with Gasteiger partial charge < -0.3 is 83.9 Å². The number of rotatable bonds is 21. The molecule has 0 unspecified atom stereocenters. The van der Waals surface area contributed by atoms with Crippen molar-refractivity contribution in [3.63, 3.8) is 0 Å². The Kier molecular flexibility index (Phi) is 32.5. The van der Waals surface area contributed by atoms with Crippen molar-refractivity contribution in [1.82, 2.24) is 74.6 Å². The molecule has 7 aliphatic rings. The van der Waals surface area contributed by atoms with E-state index < -0.39 is 96.1 Å². The predicted octanol–water partition coefficient (Wildman–Crippen LogP) is 8.84. The van der Waals surface area contributed by atoms with Crippen molar-refractivity contribution in [3.8, 4) is 11.3 Å². The lowest BCUT2D eigenvalue weighted by Crippen LogP contribution is -2.58. The normalized spacial score (nSPS) is 27.5. The molecule has 1 aromatic carbocycles. The second-order valence-electron chi connectivity index (χ2n) is 36.2. The van der Waals surface area contributed by atoms with Crippen LogP contribution in [-0.2, 0) is 88.0 Å². The van der Waals surface area contributed by atoms with Crippen LogP contribution in [0.2, 0.25) is 0 Å². The molecule has 4 saturated heterocycles. The lowest BCUT2D eigenvalue weighted by molar-refractivity contribution is -0.245. The molecule has 1 aliphatic carbocycles. The number of aliphatic hydroxyl groups is 2. The van der Waals surface area contributed by atoms with E-state index in [1.807, 2.05) is 88.9 Å². The highest BCUT2D eigenvalue weighted by Crippen LogP contribution is 2.39. The fourth-order valence-corrected chi connectivity index (χ4v) is 19.2. The maximum atomic E-state index is 14.8. The number of fused-ring (bicyclic) bond motifs is 6. The molecule has 14 rings (SSSR count). The summed E-state index contributed by atoms with van der Waals surface area (Å²) in [5.41, 5.74) is 14.9. The third-order valence-electron chi connectivity index (χ3n) is 26.9.